The maximum absolute atomic E-state index is 13.5. The van der Waals surface area contributed by atoms with Crippen LogP contribution in [0.2, 0.25) is 0 Å². The van der Waals surface area contributed by atoms with Crippen LogP contribution in [-0.4, -0.2) is 109 Å². The molecule has 0 aliphatic carbocycles. The van der Waals surface area contributed by atoms with Crippen LogP contribution in [0.5, 0.6) is 0 Å². The standard InChI is InChI=1S/C28H24N6O2S.C16H17N3O3/c35-26(32-22-10-5-4-9-21(22)27-33-23-11-6-12-29-28(23)37-27)24-17-20(18-34-13-15-36-16-14-34)30-25(31-24)19-7-2-1-3-8-19;20-16(21)14-10-13(11-19-6-8-22-9-7-19)17-15(18-14)12-4-2-1-3-5-12/h1-12,17H,13-16,18H2,(H,32,35);1-5,10H,6-9,11H2,(H,20,21). The van der Waals surface area contributed by atoms with Gasteiger partial charge in [-0.2, -0.15) is 0 Å². The van der Waals surface area contributed by atoms with Crippen molar-refractivity contribution in [3.63, 3.8) is 0 Å². The summed E-state index contributed by atoms with van der Waals surface area (Å²) in [4.78, 5) is 57.4. The van der Waals surface area contributed by atoms with Crippen molar-refractivity contribution in [3.8, 4) is 33.3 Å². The van der Waals surface area contributed by atoms with E-state index in [0.717, 1.165) is 63.9 Å². The van der Waals surface area contributed by atoms with Gasteiger partial charge in [-0.25, -0.2) is 34.7 Å². The second kappa shape index (κ2) is 18.9. The van der Waals surface area contributed by atoms with Crippen molar-refractivity contribution >= 4 is 39.2 Å². The van der Waals surface area contributed by atoms with E-state index in [0.29, 0.717) is 68.2 Å². The summed E-state index contributed by atoms with van der Waals surface area (Å²) in [6.45, 7) is 7.33. The van der Waals surface area contributed by atoms with Gasteiger partial charge in [-0.15, -0.1) is 0 Å². The van der Waals surface area contributed by atoms with Gasteiger partial charge in [-0.3, -0.25) is 14.6 Å². The molecule has 2 aliphatic rings. The van der Waals surface area contributed by atoms with Gasteiger partial charge < -0.3 is 19.9 Å². The number of rotatable bonds is 10. The number of hydrogen-bond acceptors (Lipinski definition) is 13. The van der Waals surface area contributed by atoms with Crippen LogP contribution in [0.1, 0.15) is 32.4 Å². The number of thiazole rings is 1. The summed E-state index contributed by atoms with van der Waals surface area (Å²) in [6.07, 6.45) is 1.76. The van der Waals surface area contributed by atoms with E-state index in [-0.39, 0.29) is 11.6 Å². The lowest BCUT2D eigenvalue weighted by molar-refractivity contribution is 0.0335. The molecule has 1 amide bonds. The van der Waals surface area contributed by atoms with Gasteiger partial charge in [0.05, 0.1) is 43.5 Å². The summed E-state index contributed by atoms with van der Waals surface area (Å²) in [5, 5.41) is 13.1. The summed E-state index contributed by atoms with van der Waals surface area (Å²) in [6, 6.07) is 33.9. The first-order valence-corrected chi connectivity index (χ1v) is 20.1. The van der Waals surface area contributed by atoms with Crippen LogP contribution >= 0.6 is 11.3 Å². The molecule has 0 bridgehead atoms. The van der Waals surface area contributed by atoms with Gasteiger partial charge in [0.2, 0.25) is 0 Å². The maximum atomic E-state index is 13.5. The van der Waals surface area contributed by atoms with Crippen LogP contribution in [0.25, 0.3) is 43.7 Å². The Hall–Kier alpha value is -6.36. The van der Waals surface area contributed by atoms with E-state index < -0.39 is 5.97 Å². The number of carbonyl (C=O) groups excluding carboxylic acids is 1. The normalized spacial score (nSPS) is 14.6. The molecule has 0 radical (unpaired) electrons. The third-order valence-electron chi connectivity index (χ3n) is 9.62. The van der Waals surface area contributed by atoms with Crippen molar-refractivity contribution in [2.24, 2.45) is 0 Å². The van der Waals surface area contributed by atoms with Gasteiger partial charge >= 0.3 is 5.97 Å². The summed E-state index contributed by atoms with van der Waals surface area (Å²) < 4.78 is 10.8. The molecule has 0 saturated carbocycles. The Bertz CT molecular complexity index is 2500. The van der Waals surface area contributed by atoms with E-state index in [2.05, 4.69) is 35.1 Å². The highest BCUT2D eigenvalue weighted by Gasteiger charge is 2.20. The highest BCUT2D eigenvalue weighted by molar-refractivity contribution is 7.21. The number of morpholine rings is 2. The van der Waals surface area contributed by atoms with Crippen LogP contribution < -0.4 is 5.32 Å². The molecule has 0 atom stereocenters. The van der Waals surface area contributed by atoms with Gasteiger partial charge in [-0.05, 0) is 36.4 Å². The number of pyridine rings is 1. The summed E-state index contributed by atoms with van der Waals surface area (Å²) in [5.41, 5.74) is 5.87. The zero-order chi connectivity index (χ0) is 40.4. The fourth-order valence-corrected chi connectivity index (χ4v) is 7.59. The maximum Gasteiger partial charge on any atom is 0.354 e. The fraction of sp³-hybridized carbons (Fsp3) is 0.227. The monoisotopic (exact) mass is 807 g/mol. The summed E-state index contributed by atoms with van der Waals surface area (Å²) in [7, 11) is 0. The molecule has 2 fully saturated rings. The van der Waals surface area contributed by atoms with E-state index in [1.165, 1.54) is 11.3 Å². The third kappa shape index (κ3) is 10.2. The van der Waals surface area contributed by atoms with Crippen molar-refractivity contribution in [1.82, 2.24) is 39.7 Å². The number of nitrogens with one attached hydrogen (secondary N) is 1. The Kier molecular flexibility index (Phi) is 12.7. The molecule has 3 aromatic carbocycles. The summed E-state index contributed by atoms with van der Waals surface area (Å²) >= 11 is 1.49. The first-order valence-electron chi connectivity index (χ1n) is 19.3. The van der Waals surface area contributed by atoms with Crippen molar-refractivity contribution in [3.05, 3.63) is 138 Å². The number of carbonyl (C=O) groups is 2. The Morgan fingerprint density at radius 3 is 1.76 bits per heavy atom. The molecule has 7 aromatic rings. The zero-order valence-corrected chi connectivity index (χ0v) is 32.9. The molecule has 2 saturated heterocycles. The number of hydrogen-bond donors (Lipinski definition) is 2. The highest BCUT2D eigenvalue weighted by atomic mass is 32.1. The number of para-hydroxylation sites is 1. The van der Waals surface area contributed by atoms with Crippen LogP contribution in [0.15, 0.2) is 115 Å². The van der Waals surface area contributed by atoms with E-state index in [1.807, 2.05) is 97.1 Å². The van der Waals surface area contributed by atoms with E-state index >= 15 is 0 Å². The molecule has 9 rings (SSSR count). The molecule has 4 aromatic heterocycles. The lowest BCUT2D eigenvalue weighted by Gasteiger charge is -2.26. The van der Waals surface area contributed by atoms with Crippen molar-refractivity contribution in [2.45, 2.75) is 13.1 Å². The number of aromatic nitrogens is 6. The van der Waals surface area contributed by atoms with Crippen molar-refractivity contribution < 1.29 is 24.2 Å². The van der Waals surface area contributed by atoms with Crippen LogP contribution in [0.4, 0.5) is 5.69 Å². The molecular weight excluding hydrogens is 767 g/mol. The Balaban J connectivity index is 0.000000188. The number of amides is 1. The van der Waals surface area contributed by atoms with E-state index in [4.69, 9.17) is 19.4 Å². The average molecular weight is 808 g/mol. The fourth-order valence-electron chi connectivity index (χ4n) is 6.64. The number of anilines is 1. The first-order chi connectivity index (χ1) is 28.9. The third-order valence-corrected chi connectivity index (χ3v) is 10.6. The predicted octanol–water partition coefficient (Wildman–Crippen LogP) is 6.57. The van der Waals surface area contributed by atoms with Gasteiger partial charge in [0.15, 0.2) is 17.3 Å². The number of carboxylic acid groups (broad SMARTS) is 1. The molecule has 0 spiro atoms. The smallest absolute Gasteiger partial charge is 0.354 e. The lowest BCUT2D eigenvalue weighted by Crippen LogP contribution is -2.36. The lowest BCUT2D eigenvalue weighted by atomic mass is 10.1. The molecule has 298 valence electrons. The SMILES string of the molecule is O=C(Nc1ccccc1-c1nc2cccnc2s1)c1cc(CN2CCOCC2)nc(-c2ccccc2)n1.O=C(O)c1cc(CN2CCOCC2)nc(-c2ccccc2)n1. The van der Waals surface area contributed by atoms with E-state index in [1.54, 1.807) is 18.3 Å². The molecule has 15 heteroatoms. The first kappa shape index (κ1) is 39.5. The number of benzene rings is 3. The molecule has 14 nitrogen and oxygen atoms in total. The van der Waals surface area contributed by atoms with Crippen LogP contribution in [-0.2, 0) is 22.6 Å². The molecule has 59 heavy (non-hydrogen) atoms. The Labute approximate surface area is 344 Å². The minimum absolute atomic E-state index is 0.0251. The second-order valence-corrected chi connectivity index (χ2v) is 14.8. The number of nitrogens with zero attached hydrogens (tertiary/aromatic N) is 8. The zero-order valence-electron chi connectivity index (χ0n) is 32.1. The summed E-state index contributed by atoms with van der Waals surface area (Å²) in [5.74, 6) is -0.358. The van der Waals surface area contributed by atoms with Gasteiger partial charge in [0.25, 0.3) is 5.91 Å². The van der Waals surface area contributed by atoms with Crippen molar-refractivity contribution in [2.75, 3.05) is 57.9 Å². The Morgan fingerprint density at radius 2 is 1.19 bits per heavy atom. The second-order valence-electron chi connectivity index (χ2n) is 13.8. The van der Waals surface area contributed by atoms with Gasteiger partial charge in [0, 0.05) is 62.2 Å². The van der Waals surface area contributed by atoms with E-state index in [9.17, 15) is 14.7 Å². The average Bonchev–Trinajstić information content (AvgIpc) is 3.72. The quantitative estimate of drug-likeness (QED) is 0.152. The largest absolute Gasteiger partial charge is 0.477 e. The minimum atomic E-state index is -1.04. The van der Waals surface area contributed by atoms with Crippen LogP contribution in [0, 0.1) is 0 Å². The van der Waals surface area contributed by atoms with Gasteiger partial charge in [0.1, 0.15) is 21.0 Å². The molecular formula is C44H41N9O5S. The topological polar surface area (TPSA) is 169 Å². The molecule has 2 aliphatic heterocycles. The Morgan fingerprint density at radius 1 is 0.644 bits per heavy atom. The number of aromatic carboxylic acids is 1. The van der Waals surface area contributed by atoms with Crippen LogP contribution in [0.3, 0.4) is 0 Å². The molecule has 2 N–H and O–H groups in total. The minimum Gasteiger partial charge on any atom is -0.477 e. The van der Waals surface area contributed by atoms with Crippen molar-refractivity contribution in [1.29, 1.82) is 0 Å². The molecule has 0 unspecified atom stereocenters. The van der Waals surface area contributed by atoms with Gasteiger partial charge in [-0.1, -0.05) is 84.1 Å². The highest BCUT2D eigenvalue weighted by Crippen LogP contribution is 2.34. The number of ether oxygens (including phenoxy) is 2. The number of carboxylic acids is 1. The predicted molar refractivity (Wildman–Crippen MR) is 225 cm³/mol. The molecule has 6 heterocycles. The number of fused-ring (bicyclic) bond motifs is 1.